The zero-order valence-corrected chi connectivity index (χ0v) is 17.5. The monoisotopic (exact) mass is 465 g/mol. The second kappa shape index (κ2) is 7.46. The maximum atomic E-state index is 12.8. The van der Waals surface area contributed by atoms with Gasteiger partial charge in [0.25, 0.3) is 10.0 Å². The number of aryl methyl sites for hydroxylation is 1. The molecule has 0 spiro atoms. The molecule has 0 heterocycles. The molecule has 0 saturated carbocycles. The van der Waals surface area contributed by atoms with E-state index in [2.05, 4.69) is 20.7 Å². The minimum atomic E-state index is -3.92. The van der Waals surface area contributed by atoms with Crippen LogP contribution >= 0.6 is 15.9 Å². The maximum absolute atomic E-state index is 12.8. The van der Waals surface area contributed by atoms with Crippen molar-refractivity contribution in [1.29, 1.82) is 0 Å². The predicted molar refractivity (Wildman–Crippen MR) is 108 cm³/mol. The summed E-state index contributed by atoms with van der Waals surface area (Å²) in [5, 5.41) is 0. The smallest absolute Gasteiger partial charge is 0.261 e. The molecule has 3 aromatic carbocycles. The van der Waals surface area contributed by atoms with Gasteiger partial charge in [-0.05, 0) is 67.1 Å². The molecule has 0 fully saturated rings. The Kier molecular flexibility index (Phi) is 5.41. The van der Waals surface area contributed by atoms with Crippen molar-refractivity contribution in [2.24, 2.45) is 0 Å². The zero-order chi connectivity index (χ0) is 19.7. The fourth-order valence-corrected chi connectivity index (χ4v) is 5.22. The molecule has 140 valence electrons. The van der Waals surface area contributed by atoms with Crippen molar-refractivity contribution in [2.75, 3.05) is 4.72 Å². The molecular formula is C19H16BrNO4S2. The molecule has 0 atom stereocenters. The SMILES string of the molecule is Cc1cccc(NS(=O)(=O)c2cccc(S(=O)(=O)c3ccc(Br)cc3)c2)c1. The van der Waals surface area contributed by atoms with E-state index in [0.717, 1.165) is 16.1 Å². The summed E-state index contributed by atoms with van der Waals surface area (Å²) in [6, 6.07) is 18.4. The molecule has 27 heavy (non-hydrogen) atoms. The average Bonchev–Trinajstić information content (AvgIpc) is 2.62. The Hall–Kier alpha value is -2.16. The van der Waals surface area contributed by atoms with E-state index in [-0.39, 0.29) is 14.7 Å². The molecule has 5 nitrogen and oxygen atoms in total. The topological polar surface area (TPSA) is 80.3 Å². The van der Waals surface area contributed by atoms with Gasteiger partial charge in [0.15, 0.2) is 0 Å². The van der Waals surface area contributed by atoms with Crippen molar-refractivity contribution in [3.63, 3.8) is 0 Å². The Bertz CT molecular complexity index is 1190. The van der Waals surface area contributed by atoms with Crippen LogP contribution in [0.1, 0.15) is 5.56 Å². The van der Waals surface area contributed by atoms with Crippen LogP contribution in [0.3, 0.4) is 0 Å². The quantitative estimate of drug-likeness (QED) is 0.605. The van der Waals surface area contributed by atoms with Crippen LogP contribution in [0.25, 0.3) is 0 Å². The number of nitrogens with one attached hydrogen (secondary N) is 1. The van der Waals surface area contributed by atoms with E-state index < -0.39 is 19.9 Å². The first-order chi connectivity index (χ1) is 12.7. The summed E-state index contributed by atoms with van der Waals surface area (Å²) < 4.78 is 54.1. The third kappa shape index (κ3) is 4.40. The normalized spacial score (nSPS) is 11.9. The first-order valence-corrected chi connectivity index (χ1v) is 11.6. The molecular weight excluding hydrogens is 450 g/mol. The van der Waals surface area contributed by atoms with Gasteiger partial charge in [0.2, 0.25) is 9.84 Å². The molecule has 0 amide bonds. The van der Waals surface area contributed by atoms with Crippen molar-refractivity contribution < 1.29 is 16.8 Å². The lowest BCUT2D eigenvalue weighted by Gasteiger charge is -2.10. The van der Waals surface area contributed by atoms with Crippen molar-refractivity contribution in [3.8, 4) is 0 Å². The standard InChI is InChI=1S/C19H16BrNO4S2/c1-14-4-2-5-16(12-14)21-27(24,25)19-7-3-6-18(13-19)26(22,23)17-10-8-15(20)9-11-17/h2-13,21H,1H3. The molecule has 8 heteroatoms. The molecule has 0 aliphatic rings. The van der Waals surface area contributed by atoms with Crippen molar-refractivity contribution in [2.45, 2.75) is 21.6 Å². The molecule has 0 aromatic heterocycles. The Morgan fingerprint density at radius 2 is 1.37 bits per heavy atom. The van der Waals surface area contributed by atoms with Crippen LogP contribution in [0.4, 0.5) is 5.69 Å². The lowest BCUT2D eigenvalue weighted by molar-refractivity contribution is 0.595. The van der Waals surface area contributed by atoms with E-state index in [1.54, 1.807) is 30.3 Å². The molecule has 3 rings (SSSR count). The zero-order valence-electron chi connectivity index (χ0n) is 14.3. The summed E-state index contributed by atoms with van der Waals surface area (Å²) in [5.74, 6) is 0. The number of hydrogen-bond acceptors (Lipinski definition) is 4. The van der Waals surface area contributed by atoms with E-state index in [1.165, 1.54) is 30.3 Å². The highest BCUT2D eigenvalue weighted by Crippen LogP contribution is 2.25. The Labute approximate surface area is 167 Å². The van der Waals surface area contributed by atoms with Gasteiger partial charge < -0.3 is 0 Å². The summed E-state index contributed by atoms with van der Waals surface area (Å²) in [6.45, 7) is 1.85. The molecule has 0 bridgehead atoms. The molecule has 0 saturated heterocycles. The number of hydrogen-bond donors (Lipinski definition) is 1. The Morgan fingerprint density at radius 1 is 0.741 bits per heavy atom. The van der Waals surface area contributed by atoms with Gasteiger partial charge in [-0.15, -0.1) is 0 Å². The van der Waals surface area contributed by atoms with E-state index in [4.69, 9.17) is 0 Å². The highest BCUT2D eigenvalue weighted by molar-refractivity contribution is 9.10. The summed E-state index contributed by atoms with van der Waals surface area (Å²) in [6.07, 6.45) is 0. The Balaban J connectivity index is 1.98. The third-order valence-electron chi connectivity index (χ3n) is 3.82. The molecule has 0 radical (unpaired) electrons. The maximum Gasteiger partial charge on any atom is 0.261 e. The first-order valence-electron chi connectivity index (χ1n) is 7.89. The Morgan fingerprint density at radius 3 is 2.04 bits per heavy atom. The number of benzene rings is 3. The number of rotatable bonds is 5. The van der Waals surface area contributed by atoms with Crippen LogP contribution in [0, 0.1) is 6.92 Å². The van der Waals surface area contributed by atoms with Crippen LogP contribution in [0.2, 0.25) is 0 Å². The van der Waals surface area contributed by atoms with Crippen molar-refractivity contribution in [1.82, 2.24) is 0 Å². The number of anilines is 1. The second-order valence-corrected chi connectivity index (χ2v) is 10.5. The van der Waals surface area contributed by atoms with Crippen LogP contribution in [-0.2, 0) is 19.9 Å². The second-order valence-electron chi connectivity index (χ2n) is 5.91. The van der Waals surface area contributed by atoms with Crippen molar-refractivity contribution >= 4 is 41.5 Å². The van der Waals surface area contributed by atoms with E-state index in [1.807, 2.05) is 13.0 Å². The van der Waals surface area contributed by atoms with Crippen LogP contribution in [-0.4, -0.2) is 16.8 Å². The number of sulfonamides is 1. The van der Waals surface area contributed by atoms with Gasteiger partial charge in [0, 0.05) is 10.2 Å². The van der Waals surface area contributed by atoms with Crippen LogP contribution in [0.5, 0.6) is 0 Å². The third-order valence-corrected chi connectivity index (χ3v) is 7.50. The van der Waals surface area contributed by atoms with Crippen LogP contribution < -0.4 is 4.72 Å². The first kappa shape index (κ1) is 19.6. The largest absolute Gasteiger partial charge is 0.280 e. The lowest BCUT2D eigenvalue weighted by atomic mass is 10.2. The summed E-state index contributed by atoms with van der Waals surface area (Å²) in [4.78, 5) is -0.119. The van der Waals surface area contributed by atoms with Crippen molar-refractivity contribution in [3.05, 3.63) is 82.8 Å². The highest BCUT2D eigenvalue weighted by atomic mass is 79.9. The fraction of sp³-hybridized carbons (Fsp3) is 0.0526. The van der Waals surface area contributed by atoms with Gasteiger partial charge in [-0.2, -0.15) is 0 Å². The lowest BCUT2D eigenvalue weighted by Crippen LogP contribution is -2.14. The van der Waals surface area contributed by atoms with Gasteiger partial charge in [0.05, 0.1) is 14.7 Å². The molecule has 0 unspecified atom stereocenters. The minimum Gasteiger partial charge on any atom is -0.280 e. The fourth-order valence-electron chi connectivity index (χ4n) is 2.48. The van der Waals surface area contributed by atoms with Crippen LogP contribution in [0.15, 0.2) is 92.0 Å². The molecule has 0 aliphatic carbocycles. The number of sulfone groups is 1. The van der Waals surface area contributed by atoms with E-state index in [0.29, 0.717) is 5.69 Å². The summed E-state index contributed by atoms with van der Waals surface area (Å²) in [5.41, 5.74) is 1.32. The van der Waals surface area contributed by atoms with Gasteiger partial charge in [-0.3, -0.25) is 4.72 Å². The van der Waals surface area contributed by atoms with E-state index >= 15 is 0 Å². The van der Waals surface area contributed by atoms with Gasteiger partial charge >= 0.3 is 0 Å². The van der Waals surface area contributed by atoms with E-state index in [9.17, 15) is 16.8 Å². The summed E-state index contributed by atoms with van der Waals surface area (Å²) >= 11 is 3.26. The number of halogens is 1. The van der Waals surface area contributed by atoms with Gasteiger partial charge in [-0.1, -0.05) is 34.1 Å². The molecule has 1 N–H and O–H groups in total. The average molecular weight is 466 g/mol. The molecule has 3 aromatic rings. The predicted octanol–water partition coefficient (Wildman–Crippen LogP) is 4.39. The highest BCUT2D eigenvalue weighted by Gasteiger charge is 2.21. The van der Waals surface area contributed by atoms with Gasteiger partial charge in [0.1, 0.15) is 0 Å². The minimum absolute atomic E-state index is 0.0862. The summed E-state index contributed by atoms with van der Waals surface area (Å²) in [7, 11) is -7.75. The van der Waals surface area contributed by atoms with Gasteiger partial charge in [-0.25, -0.2) is 16.8 Å². The molecule has 0 aliphatic heterocycles.